The van der Waals surface area contributed by atoms with E-state index in [0.717, 1.165) is 16.9 Å². The number of hydrogen-bond acceptors (Lipinski definition) is 4. The van der Waals surface area contributed by atoms with Gasteiger partial charge in [-0.25, -0.2) is 0 Å². The van der Waals surface area contributed by atoms with Crippen molar-refractivity contribution in [2.45, 2.75) is 26.8 Å². The van der Waals surface area contributed by atoms with Crippen LogP contribution in [0.3, 0.4) is 0 Å². The van der Waals surface area contributed by atoms with Gasteiger partial charge >= 0.3 is 0 Å². The Morgan fingerprint density at radius 2 is 1.71 bits per heavy atom. The average Bonchev–Trinajstić information content (AvgIpc) is 3.26. The number of amides is 2. The minimum atomic E-state index is -0.431. The van der Waals surface area contributed by atoms with Gasteiger partial charge in [0, 0.05) is 11.6 Å². The quantitative estimate of drug-likeness (QED) is 0.536. The Kier molecular flexibility index (Phi) is 7.27. The van der Waals surface area contributed by atoms with E-state index in [9.17, 15) is 9.59 Å². The summed E-state index contributed by atoms with van der Waals surface area (Å²) in [5.74, 6) is 0.427. The molecule has 6 nitrogen and oxygen atoms in total. The lowest BCUT2D eigenvalue weighted by Crippen LogP contribution is -2.41. The molecule has 0 radical (unpaired) electrons. The van der Waals surface area contributed by atoms with Gasteiger partial charge in [0.2, 0.25) is 0 Å². The summed E-state index contributed by atoms with van der Waals surface area (Å²) in [7, 11) is 0. The van der Waals surface area contributed by atoms with Crippen LogP contribution >= 0.6 is 0 Å². The summed E-state index contributed by atoms with van der Waals surface area (Å²) in [4.78, 5) is 25.7. The van der Waals surface area contributed by atoms with Gasteiger partial charge in [0.25, 0.3) is 11.8 Å². The first-order valence-corrected chi connectivity index (χ1v) is 10.1. The Balaban J connectivity index is 1.70. The number of hydrogen-bond donors (Lipinski definition) is 2. The number of aryl methyl sites for hydroxylation is 2. The van der Waals surface area contributed by atoms with E-state index in [1.165, 1.54) is 12.3 Å². The van der Waals surface area contributed by atoms with E-state index in [-0.39, 0.29) is 24.3 Å². The molecule has 3 rings (SSSR count). The summed E-state index contributed by atoms with van der Waals surface area (Å²) in [6, 6.07) is 18.0. The molecule has 0 aliphatic rings. The molecule has 1 atom stereocenters. The molecular formula is C25H26N2O4. The van der Waals surface area contributed by atoms with Crippen molar-refractivity contribution in [3.05, 3.63) is 95.1 Å². The largest absolute Gasteiger partial charge is 0.491 e. The maximum absolute atomic E-state index is 12.9. The number of ether oxygens (including phenoxy) is 1. The second kappa shape index (κ2) is 10.3. The molecule has 0 spiro atoms. The number of para-hydroxylation sites is 1. The molecule has 2 N–H and O–H groups in total. The monoisotopic (exact) mass is 418 g/mol. The van der Waals surface area contributed by atoms with Crippen LogP contribution < -0.4 is 15.4 Å². The number of nitrogens with one attached hydrogen (secondary N) is 2. The van der Waals surface area contributed by atoms with E-state index < -0.39 is 5.91 Å². The molecule has 0 fully saturated rings. The van der Waals surface area contributed by atoms with Gasteiger partial charge in [-0.2, -0.15) is 0 Å². The van der Waals surface area contributed by atoms with Crippen molar-refractivity contribution in [1.82, 2.24) is 10.6 Å². The minimum Gasteiger partial charge on any atom is -0.491 e. The summed E-state index contributed by atoms with van der Waals surface area (Å²) in [5, 5.41) is 5.57. The molecular weight excluding hydrogens is 392 g/mol. The Labute approximate surface area is 181 Å². The summed E-state index contributed by atoms with van der Waals surface area (Å²) in [5.41, 5.74) is 2.42. The van der Waals surface area contributed by atoms with Crippen LogP contribution in [-0.4, -0.2) is 24.5 Å². The van der Waals surface area contributed by atoms with Gasteiger partial charge in [-0.05, 0) is 56.2 Å². The molecule has 31 heavy (non-hydrogen) atoms. The fourth-order valence-electron chi connectivity index (χ4n) is 2.97. The van der Waals surface area contributed by atoms with E-state index in [1.54, 1.807) is 24.3 Å². The Morgan fingerprint density at radius 1 is 1.00 bits per heavy atom. The van der Waals surface area contributed by atoms with Crippen LogP contribution in [0.1, 0.15) is 34.2 Å². The summed E-state index contributed by atoms with van der Waals surface area (Å²) >= 11 is 0. The third-order valence-corrected chi connectivity index (χ3v) is 4.67. The maximum atomic E-state index is 12.9. The van der Waals surface area contributed by atoms with Crippen LogP contribution in [0.25, 0.3) is 6.08 Å². The topological polar surface area (TPSA) is 80.6 Å². The third-order valence-electron chi connectivity index (χ3n) is 4.67. The van der Waals surface area contributed by atoms with Gasteiger partial charge in [0.1, 0.15) is 23.8 Å². The molecule has 3 aromatic rings. The SMILES string of the molecule is Cc1ccccc1OC[C@H](C)NC(=O)/C(=C/c1ccco1)NC(=O)c1ccccc1C. The predicted octanol–water partition coefficient (Wildman–Crippen LogP) is 4.25. The Morgan fingerprint density at radius 3 is 2.39 bits per heavy atom. The molecule has 0 saturated carbocycles. The smallest absolute Gasteiger partial charge is 0.268 e. The lowest BCUT2D eigenvalue weighted by atomic mass is 10.1. The van der Waals surface area contributed by atoms with Crippen LogP contribution in [0.2, 0.25) is 0 Å². The first-order valence-electron chi connectivity index (χ1n) is 10.1. The highest BCUT2D eigenvalue weighted by atomic mass is 16.5. The standard InChI is InChI=1S/C25H26N2O4/c1-17-9-4-6-12-21(17)24(28)27-22(15-20-11-8-14-30-20)25(29)26-19(3)16-31-23-13-7-5-10-18(23)2/h4-15,19H,16H2,1-3H3,(H,26,29)(H,27,28)/b22-15-/t19-/m0/s1. The number of carbonyl (C=O) groups excluding carboxylic acids is 2. The molecule has 2 aromatic carbocycles. The second-order valence-corrected chi connectivity index (χ2v) is 7.29. The van der Waals surface area contributed by atoms with Crippen molar-refractivity contribution in [2.24, 2.45) is 0 Å². The molecule has 6 heteroatoms. The normalized spacial score (nSPS) is 12.2. The summed E-state index contributed by atoms with van der Waals surface area (Å²) in [6.45, 7) is 5.93. The number of benzene rings is 2. The highest BCUT2D eigenvalue weighted by molar-refractivity contribution is 6.05. The first kappa shape index (κ1) is 21.9. The van der Waals surface area contributed by atoms with Gasteiger partial charge < -0.3 is 19.8 Å². The van der Waals surface area contributed by atoms with E-state index >= 15 is 0 Å². The molecule has 1 aromatic heterocycles. The summed E-state index contributed by atoms with van der Waals surface area (Å²) in [6.07, 6.45) is 3.00. The molecule has 160 valence electrons. The van der Waals surface area contributed by atoms with Gasteiger partial charge in [-0.3, -0.25) is 9.59 Å². The predicted molar refractivity (Wildman–Crippen MR) is 120 cm³/mol. The van der Waals surface area contributed by atoms with Crippen molar-refractivity contribution in [1.29, 1.82) is 0 Å². The molecule has 1 heterocycles. The zero-order chi connectivity index (χ0) is 22.2. The van der Waals surface area contributed by atoms with E-state index in [4.69, 9.17) is 9.15 Å². The lowest BCUT2D eigenvalue weighted by Gasteiger charge is -2.18. The second-order valence-electron chi connectivity index (χ2n) is 7.29. The molecule has 0 aliphatic carbocycles. The Hall–Kier alpha value is -3.80. The number of furan rings is 1. The van der Waals surface area contributed by atoms with Crippen LogP contribution in [0.5, 0.6) is 5.75 Å². The van der Waals surface area contributed by atoms with Crippen molar-refractivity contribution >= 4 is 17.9 Å². The van der Waals surface area contributed by atoms with Crippen LogP contribution in [0.4, 0.5) is 0 Å². The van der Waals surface area contributed by atoms with Crippen LogP contribution in [-0.2, 0) is 4.79 Å². The molecule has 0 aliphatic heterocycles. The first-order chi connectivity index (χ1) is 14.9. The van der Waals surface area contributed by atoms with E-state index in [0.29, 0.717) is 11.3 Å². The summed E-state index contributed by atoms with van der Waals surface area (Å²) < 4.78 is 11.1. The molecule has 0 unspecified atom stereocenters. The average molecular weight is 418 g/mol. The highest BCUT2D eigenvalue weighted by Gasteiger charge is 2.18. The van der Waals surface area contributed by atoms with E-state index in [2.05, 4.69) is 10.6 Å². The maximum Gasteiger partial charge on any atom is 0.268 e. The van der Waals surface area contributed by atoms with Gasteiger partial charge in [0.15, 0.2) is 0 Å². The zero-order valence-corrected chi connectivity index (χ0v) is 17.8. The fourth-order valence-corrected chi connectivity index (χ4v) is 2.97. The molecule has 0 saturated heterocycles. The Bertz CT molecular complexity index is 1070. The molecule has 2 amide bonds. The van der Waals surface area contributed by atoms with Crippen molar-refractivity contribution in [2.75, 3.05) is 6.61 Å². The third kappa shape index (κ3) is 6.09. The fraction of sp³-hybridized carbons (Fsp3) is 0.200. The van der Waals surface area contributed by atoms with Crippen LogP contribution in [0, 0.1) is 13.8 Å². The van der Waals surface area contributed by atoms with Gasteiger partial charge in [0.05, 0.1) is 12.3 Å². The van der Waals surface area contributed by atoms with Crippen molar-refractivity contribution < 1.29 is 18.7 Å². The zero-order valence-electron chi connectivity index (χ0n) is 17.8. The van der Waals surface area contributed by atoms with E-state index in [1.807, 2.05) is 57.2 Å². The van der Waals surface area contributed by atoms with Gasteiger partial charge in [-0.15, -0.1) is 0 Å². The lowest BCUT2D eigenvalue weighted by molar-refractivity contribution is -0.118. The molecule has 0 bridgehead atoms. The number of rotatable bonds is 8. The van der Waals surface area contributed by atoms with Crippen molar-refractivity contribution in [3.63, 3.8) is 0 Å². The minimum absolute atomic E-state index is 0.0888. The number of carbonyl (C=O) groups is 2. The van der Waals surface area contributed by atoms with Crippen molar-refractivity contribution in [3.8, 4) is 5.75 Å². The van der Waals surface area contributed by atoms with Crippen LogP contribution in [0.15, 0.2) is 77.0 Å². The highest BCUT2D eigenvalue weighted by Crippen LogP contribution is 2.16. The van der Waals surface area contributed by atoms with Gasteiger partial charge in [-0.1, -0.05) is 36.4 Å².